The molecule has 1 aliphatic rings. The molecule has 0 bridgehead atoms. The number of nitrogens with zero attached hydrogens (tertiary/aromatic N) is 2. The largest absolute Gasteiger partial charge is 0.317 e. The Balaban J connectivity index is 2.06. The van der Waals surface area contributed by atoms with E-state index in [0.717, 1.165) is 18.8 Å². The fourth-order valence-electron chi connectivity index (χ4n) is 1.84. The summed E-state index contributed by atoms with van der Waals surface area (Å²) in [6, 6.07) is 0. The molecule has 0 aromatic carbocycles. The van der Waals surface area contributed by atoms with Gasteiger partial charge in [-0.3, -0.25) is 9.97 Å². The quantitative estimate of drug-likeness (QED) is 0.703. The molecule has 0 saturated carbocycles. The average molecular weight is 177 g/mol. The van der Waals surface area contributed by atoms with Gasteiger partial charge in [0.2, 0.25) is 0 Å². The molecule has 0 amide bonds. The molecule has 13 heavy (non-hydrogen) atoms. The number of hydrogen-bond acceptors (Lipinski definition) is 3. The topological polar surface area (TPSA) is 37.8 Å². The zero-order valence-corrected chi connectivity index (χ0v) is 7.74. The second-order valence-electron chi connectivity index (χ2n) is 3.51. The van der Waals surface area contributed by atoms with Gasteiger partial charge in [0.05, 0.1) is 5.69 Å². The Labute approximate surface area is 78.6 Å². The van der Waals surface area contributed by atoms with Crippen molar-refractivity contribution < 1.29 is 0 Å². The van der Waals surface area contributed by atoms with E-state index in [9.17, 15) is 0 Å². The van der Waals surface area contributed by atoms with Crippen molar-refractivity contribution in [2.75, 3.05) is 13.1 Å². The highest BCUT2D eigenvalue weighted by atomic mass is 14.9. The number of nitrogens with one attached hydrogen (secondary N) is 1. The monoisotopic (exact) mass is 177 g/mol. The van der Waals surface area contributed by atoms with Crippen LogP contribution < -0.4 is 5.32 Å². The summed E-state index contributed by atoms with van der Waals surface area (Å²) in [5.74, 6) is 0.615. The third kappa shape index (κ3) is 2.25. The fourth-order valence-corrected chi connectivity index (χ4v) is 1.84. The molecule has 1 saturated heterocycles. The molecule has 1 atom stereocenters. The van der Waals surface area contributed by atoms with E-state index >= 15 is 0 Å². The Kier molecular flexibility index (Phi) is 2.87. The number of rotatable bonds is 1. The zero-order chi connectivity index (χ0) is 8.93. The molecule has 1 N–H and O–H groups in total. The van der Waals surface area contributed by atoms with E-state index in [1.54, 1.807) is 12.4 Å². The molecule has 3 nitrogen and oxygen atoms in total. The van der Waals surface area contributed by atoms with E-state index in [4.69, 9.17) is 0 Å². The van der Waals surface area contributed by atoms with E-state index in [1.807, 2.05) is 6.20 Å². The summed E-state index contributed by atoms with van der Waals surface area (Å²) >= 11 is 0. The van der Waals surface area contributed by atoms with Crippen molar-refractivity contribution in [2.45, 2.75) is 25.2 Å². The summed E-state index contributed by atoms with van der Waals surface area (Å²) in [7, 11) is 0. The van der Waals surface area contributed by atoms with Gasteiger partial charge in [-0.25, -0.2) is 0 Å². The highest BCUT2D eigenvalue weighted by molar-refractivity contribution is 5.03. The molecule has 0 spiro atoms. The lowest BCUT2D eigenvalue weighted by Crippen LogP contribution is -2.14. The Morgan fingerprint density at radius 1 is 1.23 bits per heavy atom. The second kappa shape index (κ2) is 4.33. The van der Waals surface area contributed by atoms with Crippen molar-refractivity contribution in [3.63, 3.8) is 0 Å². The molecule has 0 aliphatic carbocycles. The Bertz CT molecular complexity index is 240. The maximum atomic E-state index is 4.35. The zero-order valence-electron chi connectivity index (χ0n) is 7.74. The summed E-state index contributed by atoms with van der Waals surface area (Å²) < 4.78 is 0. The minimum Gasteiger partial charge on any atom is -0.317 e. The maximum Gasteiger partial charge on any atom is 0.0618 e. The van der Waals surface area contributed by atoms with Crippen LogP contribution in [0, 0.1) is 0 Å². The first kappa shape index (κ1) is 8.63. The summed E-state index contributed by atoms with van der Waals surface area (Å²) in [6.07, 6.45) is 9.10. The van der Waals surface area contributed by atoms with Crippen LogP contribution in [0.15, 0.2) is 18.6 Å². The standard InChI is InChI=1S/C10H15N3/c1-2-9(3-5-11-4-1)10-8-12-6-7-13-10/h6-9,11H,1-5H2. The van der Waals surface area contributed by atoms with Gasteiger partial charge in [-0.2, -0.15) is 0 Å². The third-order valence-corrected chi connectivity index (χ3v) is 2.58. The van der Waals surface area contributed by atoms with E-state index in [2.05, 4.69) is 15.3 Å². The van der Waals surface area contributed by atoms with Crippen LogP contribution in [0.25, 0.3) is 0 Å². The minimum atomic E-state index is 0.615. The number of aromatic nitrogens is 2. The molecule has 1 aromatic rings. The normalized spacial score (nSPS) is 23.8. The predicted molar refractivity (Wildman–Crippen MR) is 51.5 cm³/mol. The molecule has 0 radical (unpaired) electrons. The molecule has 1 fully saturated rings. The molecule has 1 unspecified atom stereocenters. The van der Waals surface area contributed by atoms with Crippen LogP contribution in [-0.4, -0.2) is 23.1 Å². The lowest BCUT2D eigenvalue weighted by molar-refractivity contribution is 0.591. The van der Waals surface area contributed by atoms with Crippen molar-refractivity contribution in [2.24, 2.45) is 0 Å². The van der Waals surface area contributed by atoms with Gasteiger partial charge in [0.1, 0.15) is 0 Å². The van der Waals surface area contributed by atoms with E-state index in [1.165, 1.54) is 19.3 Å². The van der Waals surface area contributed by atoms with Gasteiger partial charge in [0.25, 0.3) is 0 Å². The van der Waals surface area contributed by atoms with Crippen LogP contribution in [0.2, 0.25) is 0 Å². The second-order valence-corrected chi connectivity index (χ2v) is 3.51. The van der Waals surface area contributed by atoms with Crippen LogP contribution in [0.1, 0.15) is 30.9 Å². The molecule has 70 valence electrons. The summed E-state index contributed by atoms with van der Waals surface area (Å²) in [6.45, 7) is 2.26. The van der Waals surface area contributed by atoms with Crippen LogP contribution >= 0.6 is 0 Å². The first-order valence-corrected chi connectivity index (χ1v) is 4.93. The summed E-state index contributed by atoms with van der Waals surface area (Å²) in [5, 5.41) is 3.40. The van der Waals surface area contributed by atoms with Gasteiger partial charge < -0.3 is 5.32 Å². The molecule has 2 rings (SSSR count). The first-order valence-electron chi connectivity index (χ1n) is 4.93. The van der Waals surface area contributed by atoms with Gasteiger partial charge in [-0.05, 0) is 32.4 Å². The van der Waals surface area contributed by atoms with Crippen LogP contribution in [-0.2, 0) is 0 Å². The molecule has 1 aromatic heterocycles. The van der Waals surface area contributed by atoms with Gasteiger partial charge in [-0.1, -0.05) is 0 Å². The van der Waals surface area contributed by atoms with Crippen molar-refractivity contribution in [3.8, 4) is 0 Å². The highest BCUT2D eigenvalue weighted by Crippen LogP contribution is 2.23. The van der Waals surface area contributed by atoms with Gasteiger partial charge in [-0.15, -0.1) is 0 Å². The van der Waals surface area contributed by atoms with Gasteiger partial charge in [0, 0.05) is 24.5 Å². The van der Waals surface area contributed by atoms with Crippen molar-refractivity contribution in [3.05, 3.63) is 24.3 Å². The highest BCUT2D eigenvalue weighted by Gasteiger charge is 2.14. The van der Waals surface area contributed by atoms with Gasteiger partial charge in [0.15, 0.2) is 0 Å². The molecule has 2 heterocycles. The first-order chi connectivity index (χ1) is 6.47. The van der Waals surface area contributed by atoms with Gasteiger partial charge >= 0.3 is 0 Å². The van der Waals surface area contributed by atoms with E-state index in [0.29, 0.717) is 5.92 Å². The summed E-state index contributed by atoms with van der Waals surface area (Å²) in [5.41, 5.74) is 1.16. The van der Waals surface area contributed by atoms with Crippen LogP contribution in [0.4, 0.5) is 0 Å². The number of hydrogen-bond donors (Lipinski definition) is 1. The Morgan fingerprint density at radius 3 is 3.08 bits per heavy atom. The van der Waals surface area contributed by atoms with Crippen LogP contribution in [0.5, 0.6) is 0 Å². The lowest BCUT2D eigenvalue weighted by Gasteiger charge is -2.11. The predicted octanol–water partition coefficient (Wildman–Crippen LogP) is 1.33. The fraction of sp³-hybridized carbons (Fsp3) is 0.600. The van der Waals surface area contributed by atoms with E-state index in [-0.39, 0.29) is 0 Å². The molecular formula is C10H15N3. The molecular weight excluding hydrogens is 162 g/mol. The molecule has 1 aliphatic heterocycles. The van der Waals surface area contributed by atoms with Crippen molar-refractivity contribution >= 4 is 0 Å². The van der Waals surface area contributed by atoms with Crippen molar-refractivity contribution in [1.82, 2.24) is 15.3 Å². The van der Waals surface area contributed by atoms with Crippen LogP contribution in [0.3, 0.4) is 0 Å². The maximum absolute atomic E-state index is 4.35. The smallest absolute Gasteiger partial charge is 0.0618 e. The SMILES string of the molecule is c1cnc(C2CCCNCC2)cn1. The average Bonchev–Trinajstić information content (AvgIpc) is 2.47. The Hall–Kier alpha value is -0.960. The third-order valence-electron chi connectivity index (χ3n) is 2.58. The molecule has 3 heteroatoms. The summed E-state index contributed by atoms with van der Waals surface area (Å²) in [4.78, 5) is 8.46. The lowest BCUT2D eigenvalue weighted by atomic mass is 9.97. The van der Waals surface area contributed by atoms with Crippen molar-refractivity contribution in [1.29, 1.82) is 0 Å². The van der Waals surface area contributed by atoms with E-state index < -0.39 is 0 Å². The minimum absolute atomic E-state index is 0.615. The Morgan fingerprint density at radius 2 is 2.23 bits per heavy atom.